The fraction of sp³-hybridized carbons (Fsp3) is 0.455. The van der Waals surface area contributed by atoms with Crippen molar-refractivity contribution in [2.75, 3.05) is 23.8 Å². The minimum atomic E-state index is -2.05. The molecule has 0 spiro atoms. The predicted molar refractivity (Wildman–Crippen MR) is 310 cm³/mol. The van der Waals surface area contributed by atoms with E-state index in [1.165, 1.54) is 12.8 Å². The summed E-state index contributed by atoms with van der Waals surface area (Å²) in [6.07, 6.45) is 2.01. The van der Waals surface area contributed by atoms with Gasteiger partial charge in [-0.1, -0.05) is 144 Å². The zero-order chi connectivity index (χ0) is 54.2. The molecule has 0 radical (unpaired) electrons. The van der Waals surface area contributed by atoms with E-state index < -0.39 is 34.7 Å². The number of rotatable bonds is 14. The molecule has 1 aliphatic heterocycles. The summed E-state index contributed by atoms with van der Waals surface area (Å²) in [6.45, 7) is 46.0. The highest BCUT2D eigenvalue weighted by Crippen LogP contribution is 2.42. The SMILES string of the molecule is C.C1CCOC1.NC(=O)c1ccccc1.[C-]#[N+]c1ccc(N[C@@H](C(N)=O)[C@H](C)O[Si](C)(C)C(C)(C)C)c(C)c1Cl.[C-]#[N+]c1ccc(N[C@@H](c2nnc(-c3ccccc3)s2)[C@H](C)O[Si](C)(C)C(C)(C)C)c(C)c1Cl. The average Bonchev–Trinajstić information content (AvgIpc) is 4.07. The molecule has 1 fully saturated rings. The number of benzene rings is 4. The molecule has 0 unspecified atom stereocenters. The van der Waals surface area contributed by atoms with Gasteiger partial charge in [0.1, 0.15) is 22.1 Å². The number of halogens is 2. The molecule has 4 atom stereocenters. The Balaban J connectivity index is 0.000000397. The second kappa shape index (κ2) is 28.5. The van der Waals surface area contributed by atoms with Gasteiger partial charge in [-0.05, 0) is 112 Å². The molecule has 2 amide bonds. The third-order valence-corrected chi connectivity index (χ3v) is 24.2. The fourth-order valence-corrected chi connectivity index (χ4v) is 10.8. The minimum Gasteiger partial charge on any atom is -0.412 e. The van der Waals surface area contributed by atoms with Gasteiger partial charge in [-0.3, -0.25) is 9.59 Å². The third-order valence-electron chi connectivity index (χ3n) is 13.0. The second-order valence-electron chi connectivity index (χ2n) is 20.5. The van der Waals surface area contributed by atoms with Crippen molar-refractivity contribution in [3.8, 4) is 10.6 Å². The summed E-state index contributed by atoms with van der Waals surface area (Å²) in [4.78, 5) is 29.3. The van der Waals surface area contributed by atoms with E-state index in [-0.39, 0.29) is 35.6 Å². The van der Waals surface area contributed by atoms with Gasteiger partial charge < -0.3 is 35.7 Å². The number of anilines is 2. The summed E-state index contributed by atoms with van der Waals surface area (Å²) >= 11 is 14.2. The van der Waals surface area contributed by atoms with Gasteiger partial charge in [0.2, 0.25) is 23.2 Å². The Kier molecular flexibility index (Phi) is 25.0. The van der Waals surface area contributed by atoms with Crippen LogP contribution in [0.4, 0.5) is 22.7 Å². The number of aromatic nitrogens is 2. The molecule has 0 aliphatic carbocycles. The Bertz CT molecular complexity index is 2640. The maximum absolute atomic E-state index is 12.0. The number of hydrogen-bond donors (Lipinski definition) is 4. The first-order valence-corrected chi connectivity index (χ1v) is 31.3. The van der Waals surface area contributed by atoms with Crippen LogP contribution in [-0.2, 0) is 18.4 Å². The summed E-state index contributed by atoms with van der Waals surface area (Å²) < 4.78 is 18.0. The number of nitrogens with one attached hydrogen (secondary N) is 2. The summed E-state index contributed by atoms with van der Waals surface area (Å²) in [5, 5.41) is 18.4. The van der Waals surface area contributed by atoms with E-state index in [1.54, 1.807) is 60.7 Å². The zero-order valence-electron chi connectivity index (χ0n) is 44.4. The molecule has 4 aromatic carbocycles. The molecule has 5 aromatic rings. The van der Waals surface area contributed by atoms with E-state index in [0.717, 1.165) is 40.0 Å². The number of amides is 2. The first-order valence-electron chi connectivity index (χ1n) is 23.9. The highest BCUT2D eigenvalue weighted by Gasteiger charge is 2.42. The molecular formula is C55H78Cl2N8O5SSi2. The Morgan fingerprint density at radius 1 is 0.712 bits per heavy atom. The van der Waals surface area contributed by atoms with Crippen molar-refractivity contribution in [1.82, 2.24) is 10.2 Å². The third kappa shape index (κ3) is 18.6. The number of carbonyl (C=O) groups is 2. The van der Waals surface area contributed by atoms with Crippen LogP contribution in [0.3, 0.4) is 0 Å². The highest BCUT2D eigenvalue weighted by atomic mass is 35.5. The molecule has 1 aromatic heterocycles. The minimum absolute atomic E-state index is 0. The lowest BCUT2D eigenvalue weighted by Gasteiger charge is -2.40. The van der Waals surface area contributed by atoms with Crippen LogP contribution in [-0.4, -0.2) is 70.1 Å². The Morgan fingerprint density at radius 2 is 1.15 bits per heavy atom. The molecule has 1 saturated heterocycles. The largest absolute Gasteiger partial charge is 0.412 e. The summed E-state index contributed by atoms with van der Waals surface area (Å²) in [5.41, 5.74) is 16.1. The van der Waals surface area contributed by atoms with Crippen LogP contribution >= 0.6 is 34.5 Å². The Labute approximate surface area is 452 Å². The van der Waals surface area contributed by atoms with Gasteiger partial charge in [-0.15, -0.1) is 10.2 Å². The van der Waals surface area contributed by atoms with Gasteiger partial charge in [0, 0.05) is 35.7 Å². The number of carbonyl (C=O) groups excluding carboxylic acids is 2. The fourth-order valence-electron chi connectivity index (χ4n) is 6.55. The number of primary amides is 2. The molecule has 396 valence electrons. The van der Waals surface area contributed by atoms with E-state index >= 15 is 0 Å². The van der Waals surface area contributed by atoms with Crippen LogP contribution in [0.2, 0.25) is 46.3 Å². The lowest BCUT2D eigenvalue weighted by atomic mass is 10.1. The van der Waals surface area contributed by atoms with E-state index in [1.807, 2.05) is 56.3 Å². The smallest absolute Gasteiger partial charge is 0.248 e. The Hall–Kier alpha value is -5.15. The van der Waals surface area contributed by atoms with Crippen LogP contribution in [0.5, 0.6) is 0 Å². The van der Waals surface area contributed by atoms with Crippen LogP contribution < -0.4 is 22.1 Å². The number of ether oxygens (including phenoxy) is 1. The van der Waals surface area contributed by atoms with Crippen molar-refractivity contribution in [3.05, 3.63) is 140 Å². The Morgan fingerprint density at radius 3 is 1.53 bits per heavy atom. The summed E-state index contributed by atoms with van der Waals surface area (Å²) in [5.74, 6) is -0.869. The summed E-state index contributed by atoms with van der Waals surface area (Å²) in [7, 11) is -4.07. The van der Waals surface area contributed by atoms with Gasteiger partial charge in [0.15, 0.2) is 16.6 Å². The van der Waals surface area contributed by atoms with Gasteiger partial charge >= 0.3 is 0 Å². The standard InChI is InChI=1S/C25H31ClN4OSSi.C18H28ClN3O2Si.C7H7NO.C4H8O.CH4/c1-16-19(14-15-20(27-6)21(16)26)28-22(17(2)31-33(7,8)25(3,4)5)24-30-29-23(32-24)18-12-10-9-11-13-18;1-11-13(9-10-14(21-6)15(11)19)22-16(17(20)23)12(2)24-25(7,8)18(3,4)5;8-7(9)6-4-2-1-3-5-6;1-2-4-5-3-1;/h9-15,17,22,28H,1-5,7-8H3;9-10,12,16,22H,1-5,7-8H3,(H2,20,23);1-5H,(H2,8,9);1-4H2;1H4/t17-,22+;12-,16+;;;/m00.../s1. The van der Waals surface area contributed by atoms with Crippen molar-refractivity contribution in [2.45, 2.75) is 150 Å². The molecule has 6 N–H and O–H groups in total. The first-order chi connectivity index (χ1) is 33.6. The molecular weight excluding hydrogens is 1010 g/mol. The molecule has 18 heteroatoms. The molecule has 0 bridgehead atoms. The molecule has 2 heterocycles. The van der Waals surface area contributed by atoms with Gasteiger partial charge in [-0.25, -0.2) is 9.69 Å². The topological polar surface area (TPSA) is 172 Å². The maximum Gasteiger partial charge on any atom is 0.248 e. The van der Waals surface area contributed by atoms with Gasteiger partial charge in [0.05, 0.1) is 35.4 Å². The summed E-state index contributed by atoms with van der Waals surface area (Å²) in [6, 6.07) is 24.9. The number of nitrogens with two attached hydrogens (primary N) is 2. The van der Waals surface area contributed by atoms with Gasteiger partial charge in [-0.2, -0.15) is 0 Å². The van der Waals surface area contributed by atoms with Crippen LogP contribution in [0.25, 0.3) is 20.3 Å². The van der Waals surface area contributed by atoms with Crippen molar-refractivity contribution in [1.29, 1.82) is 0 Å². The van der Waals surface area contributed by atoms with E-state index in [0.29, 0.717) is 38.2 Å². The van der Waals surface area contributed by atoms with Gasteiger partial charge in [0.25, 0.3) is 0 Å². The molecule has 6 rings (SSSR count). The maximum atomic E-state index is 12.0. The van der Waals surface area contributed by atoms with Crippen LogP contribution in [0.15, 0.2) is 84.9 Å². The van der Waals surface area contributed by atoms with Crippen molar-refractivity contribution in [2.24, 2.45) is 11.5 Å². The van der Waals surface area contributed by atoms with E-state index in [4.69, 9.17) is 61.4 Å². The van der Waals surface area contributed by atoms with Crippen molar-refractivity contribution >= 4 is 85.7 Å². The first kappa shape index (κ1) is 64.0. The van der Waals surface area contributed by atoms with Crippen molar-refractivity contribution < 1.29 is 23.2 Å². The monoisotopic (exact) mass is 1090 g/mol. The molecule has 73 heavy (non-hydrogen) atoms. The quantitative estimate of drug-likeness (QED) is 0.0624. The van der Waals surface area contributed by atoms with Crippen LogP contribution in [0, 0.1) is 27.0 Å². The zero-order valence-corrected chi connectivity index (χ0v) is 48.7. The van der Waals surface area contributed by atoms with E-state index in [2.05, 4.69) is 105 Å². The lowest BCUT2D eigenvalue weighted by molar-refractivity contribution is -0.120. The molecule has 1 aliphatic rings. The number of hydrogen-bond acceptors (Lipinski definition) is 10. The highest BCUT2D eigenvalue weighted by molar-refractivity contribution is 7.14. The van der Waals surface area contributed by atoms with E-state index in [9.17, 15) is 9.59 Å². The van der Waals surface area contributed by atoms with Crippen LogP contribution in [0.1, 0.15) is 108 Å². The molecule has 0 saturated carbocycles. The average molecular weight is 1090 g/mol. The normalized spacial score (nSPS) is 14.0. The number of nitrogens with zero attached hydrogens (tertiary/aromatic N) is 4. The predicted octanol–water partition coefficient (Wildman–Crippen LogP) is 15.4. The molecule has 13 nitrogen and oxygen atoms in total. The van der Waals surface area contributed by atoms with Crippen molar-refractivity contribution in [3.63, 3.8) is 0 Å². The lowest BCUT2D eigenvalue weighted by Crippen LogP contribution is -2.51. The second-order valence-corrected chi connectivity index (χ2v) is 31.8.